The lowest BCUT2D eigenvalue weighted by Gasteiger charge is -2.24. The number of halogens is 2. The lowest BCUT2D eigenvalue weighted by molar-refractivity contribution is 0.0439. The topological polar surface area (TPSA) is 40.5 Å². The molecule has 1 heterocycles. The van der Waals surface area contributed by atoms with Gasteiger partial charge in [0.05, 0.1) is 19.7 Å². The van der Waals surface area contributed by atoms with Gasteiger partial charge in [-0.25, -0.2) is 0 Å². The average Bonchev–Trinajstić information content (AvgIpc) is 2.41. The van der Waals surface area contributed by atoms with Gasteiger partial charge in [-0.3, -0.25) is 9.69 Å². The van der Waals surface area contributed by atoms with Gasteiger partial charge < -0.3 is 5.11 Å². The van der Waals surface area contributed by atoms with Gasteiger partial charge in [-0.15, -0.1) is 11.3 Å². The first kappa shape index (κ1) is 15.3. The summed E-state index contributed by atoms with van der Waals surface area (Å²) in [6, 6.07) is 1.81. The van der Waals surface area contributed by atoms with Gasteiger partial charge in [-0.05, 0) is 58.8 Å². The van der Waals surface area contributed by atoms with Gasteiger partial charge in [0.15, 0.2) is 5.78 Å². The lowest BCUT2D eigenvalue weighted by atomic mass is 10.1. The molecule has 0 fully saturated rings. The smallest absolute Gasteiger partial charge is 0.178 e. The largest absolute Gasteiger partial charge is 0.389 e. The predicted molar refractivity (Wildman–Crippen MR) is 77.8 cm³/mol. The summed E-state index contributed by atoms with van der Waals surface area (Å²) in [7, 11) is 1.82. The maximum Gasteiger partial charge on any atom is 0.178 e. The first-order chi connectivity index (χ1) is 7.69. The van der Waals surface area contributed by atoms with Crippen LogP contribution >= 0.6 is 43.2 Å². The van der Waals surface area contributed by atoms with Gasteiger partial charge >= 0.3 is 0 Å². The van der Waals surface area contributed by atoms with E-state index in [4.69, 9.17) is 0 Å². The summed E-state index contributed by atoms with van der Waals surface area (Å²) in [5.41, 5.74) is -0.105. The molecule has 0 radical (unpaired) electrons. The van der Waals surface area contributed by atoms with Crippen molar-refractivity contribution in [3.8, 4) is 0 Å². The van der Waals surface area contributed by atoms with Crippen LogP contribution in [0.3, 0.4) is 0 Å². The molecule has 0 aliphatic carbocycles. The van der Waals surface area contributed by atoms with Gasteiger partial charge in [-0.1, -0.05) is 0 Å². The van der Waals surface area contributed by atoms with E-state index < -0.39 is 5.60 Å². The zero-order valence-corrected chi connectivity index (χ0v) is 13.9. The van der Waals surface area contributed by atoms with Crippen molar-refractivity contribution in [1.29, 1.82) is 0 Å². The minimum Gasteiger partial charge on any atom is -0.389 e. The van der Waals surface area contributed by atoms with Crippen molar-refractivity contribution in [3.05, 3.63) is 19.2 Å². The Morgan fingerprint density at radius 3 is 2.53 bits per heavy atom. The Labute approximate surface area is 122 Å². The summed E-state index contributed by atoms with van der Waals surface area (Å²) in [5, 5.41) is 9.66. The number of thiophene rings is 1. The van der Waals surface area contributed by atoms with Crippen LogP contribution in [0.4, 0.5) is 0 Å². The molecule has 0 aliphatic rings. The van der Waals surface area contributed by atoms with Crippen molar-refractivity contribution in [3.63, 3.8) is 0 Å². The number of hydrogen-bond donors (Lipinski definition) is 1. The van der Waals surface area contributed by atoms with Gasteiger partial charge in [-0.2, -0.15) is 0 Å². The minimum absolute atomic E-state index is 0.0468. The Bertz CT molecular complexity index is 412. The van der Waals surface area contributed by atoms with Crippen LogP contribution in [0.5, 0.6) is 0 Å². The monoisotopic (exact) mass is 383 g/mol. The molecule has 1 aromatic heterocycles. The molecule has 1 rings (SSSR count). The van der Waals surface area contributed by atoms with E-state index >= 15 is 0 Å². The molecular weight excluding hydrogens is 370 g/mol. The van der Waals surface area contributed by atoms with Crippen LogP contribution in [0, 0.1) is 0 Å². The summed E-state index contributed by atoms with van der Waals surface area (Å²) < 4.78 is 1.77. The fourth-order valence-electron chi connectivity index (χ4n) is 1.58. The minimum atomic E-state index is -0.790. The molecule has 3 nitrogen and oxygen atoms in total. The first-order valence-corrected chi connectivity index (χ1v) is 7.48. The molecule has 0 spiro atoms. The average molecular weight is 385 g/mol. The van der Waals surface area contributed by atoms with E-state index in [-0.39, 0.29) is 5.78 Å². The van der Waals surface area contributed by atoms with Crippen LogP contribution in [-0.2, 0) is 0 Å². The number of Topliss-reactive ketones (excluding diaryl/α,β-unsaturated/α-hetero) is 1. The quantitative estimate of drug-likeness (QED) is 0.792. The van der Waals surface area contributed by atoms with Crippen molar-refractivity contribution in [2.75, 3.05) is 20.1 Å². The summed E-state index contributed by atoms with van der Waals surface area (Å²) in [4.78, 5) is 13.8. The maximum atomic E-state index is 12.0. The third-order valence-corrected chi connectivity index (χ3v) is 4.37. The van der Waals surface area contributed by atoms with Crippen molar-refractivity contribution in [1.82, 2.24) is 4.90 Å². The molecule has 0 atom stereocenters. The third-order valence-electron chi connectivity index (χ3n) is 2.03. The molecule has 1 N–H and O–H groups in total. The van der Waals surface area contributed by atoms with Gasteiger partial charge in [0, 0.05) is 12.1 Å². The second kappa shape index (κ2) is 5.93. The van der Waals surface area contributed by atoms with Crippen LogP contribution in [0.15, 0.2) is 13.6 Å². The molecule has 6 heteroatoms. The van der Waals surface area contributed by atoms with Crippen molar-refractivity contribution < 1.29 is 9.90 Å². The van der Waals surface area contributed by atoms with Crippen LogP contribution < -0.4 is 0 Å². The zero-order valence-electron chi connectivity index (χ0n) is 9.96. The molecule has 1 aromatic rings. The maximum absolute atomic E-state index is 12.0. The zero-order chi connectivity index (χ0) is 13.2. The molecule has 0 saturated heterocycles. The van der Waals surface area contributed by atoms with Gasteiger partial charge in [0.1, 0.15) is 0 Å². The van der Waals surface area contributed by atoms with Crippen LogP contribution in [0.1, 0.15) is 24.2 Å². The molecule has 96 valence electrons. The highest BCUT2D eigenvalue weighted by molar-refractivity contribution is 9.12. The van der Waals surface area contributed by atoms with E-state index in [2.05, 4.69) is 31.9 Å². The Hall–Kier alpha value is 0.250. The van der Waals surface area contributed by atoms with E-state index in [1.54, 1.807) is 13.8 Å². The Kier molecular flexibility index (Phi) is 5.34. The molecule has 0 bridgehead atoms. The van der Waals surface area contributed by atoms with Crippen LogP contribution in [0.2, 0.25) is 0 Å². The Morgan fingerprint density at radius 2 is 2.12 bits per heavy atom. The SMILES string of the molecule is CN(CC(=O)c1cc(Br)sc1Br)CC(C)(C)O. The number of aliphatic hydroxyl groups is 1. The molecule has 0 amide bonds. The summed E-state index contributed by atoms with van der Waals surface area (Å²) in [6.07, 6.45) is 0. The highest BCUT2D eigenvalue weighted by Gasteiger charge is 2.20. The lowest BCUT2D eigenvalue weighted by Crippen LogP contribution is -2.38. The number of nitrogens with zero attached hydrogens (tertiary/aromatic N) is 1. The second-order valence-corrected chi connectivity index (χ2v) is 8.40. The molecule has 0 aliphatic heterocycles. The fourth-order valence-corrected chi connectivity index (χ4v) is 4.43. The third kappa shape index (κ3) is 5.18. The highest BCUT2D eigenvalue weighted by atomic mass is 79.9. The summed E-state index contributed by atoms with van der Waals surface area (Å²) in [6.45, 7) is 4.21. The number of hydrogen-bond acceptors (Lipinski definition) is 4. The van der Waals surface area contributed by atoms with Crippen molar-refractivity contribution in [2.24, 2.45) is 0 Å². The Morgan fingerprint density at radius 1 is 1.53 bits per heavy atom. The van der Waals surface area contributed by atoms with Gasteiger partial charge in [0.2, 0.25) is 0 Å². The fraction of sp³-hybridized carbons (Fsp3) is 0.545. The van der Waals surface area contributed by atoms with E-state index in [9.17, 15) is 9.90 Å². The number of rotatable bonds is 5. The predicted octanol–water partition coefficient (Wildman–Crippen LogP) is 3.16. The van der Waals surface area contributed by atoms with Crippen molar-refractivity contribution >= 4 is 49.0 Å². The number of likely N-dealkylation sites (N-methyl/N-ethyl adjacent to an activating group) is 1. The van der Waals surface area contributed by atoms with Crippen molar-refractivity contribution in [2.45, 2.75) is 19.4 Å². The Balaban J connectivity index is 2.64. The summed E-state index contributed by atoms with van der Waals surface area (Å²) >= 11 is 8.20. The molecule has 0 unspecified atom stereocenters. The summed E-state index contributed by atoms with van der Waals surface area (Å²) in [5.74, 6) is 0.0468. The molecular formula is C11H15Br2NO2S. The van der Waals surface area contributed by atoms with E-state index in [0.29, 0.717) is 18.7 Å². The highest BCUT2D eigenvalue weighted by Crippen LogP contribution is 2.32. The van der Waals surface area contributed by atoms with Gasteiger partial charge in [0.25, 0.3) is 0 Å². The number of ketones is 1. The van der Waals surface area contributed by atoms with E-state index in [1.165, 1.54) is 11.3 Å². The normalized spacial score (nSPS) is 12.2. The van der Waals surface area contributed by atoms with E-state index in [1.807, 2.05) is 18.0 Å². The first-order valence-electron chi connectivity index (χ1n) is 5.08. The number of carbonyl (C=O) groups is 1. The van der Waals surface area contributed by atoms with Crippen LogP contribution in [-0.4, -0.2) is 41.5 Å². The standard InChI is InChI=1S/C11H15Br2NO2S/c1-11(2,16)6-14(3)5-8(15)7-4-9(12)17-10(7)13/h4,16H,5-6H2,1-3H3. The molecule has 17 heavy (non-hydrogen) atoms. The van der Waals surface area contributed by atoms with Crippen LogP contribution in [0.25, 0.3) is 0 Å². The second-order valence-electron chi connectivity index (χ2n) is 4.65. The molecule has 0 aromatic carbocycles. The number of carbonyl (C=O) groups excluding carboxylic acids is 1. The molecule has 0 saturated carbocycles. The van der Waals surface area contributed by atoms with E-state index in [0.717, 1.165) is 7.57 Å².